The number of nitrogens with zero attached hydrogens (tertiary/aromatic N) is 1. The molecule has 1 heteroatoms. The Bertz CT molecular complexity index is 293. The van der Waals surface area contributed by atoms with Gasteiger partial charge in [-0.2, -0.15) is 0 Å². The van der Waals surface area contributed by atoms with E-state index in [9.17, 15) is 0 Å². The number of hydrogen-bond acceptors (Lipinski definition) is 1. The van der Waals surface area contributed by atoms with Crippen LogP contribution in [0.1, 0.15) is 70.6 Å². The Morgan fingerprint density at radius 3 is 2.28 bits per heavy atom. The van der Waals surface area contributed by atoms with Gasteiger partial charge in [0.15, 0.2) is 0 Å². The van der Waals surface area contributed by atoms with E-state index in [1.54, 1.807) is 32.1 Å². The topological polar surface area (TPSA) is 3.24 Å². The van der Waals surface area contributed by atoms with Crippen LogP contribution < -0.4 is 0 Å². The van der Waals surface area contributed by atoms with Gasteiger partial charge >= 0.3 is 0 Å². The Labute approximate surface area is 112 Å². The molecule has 4 fully saturated rings. The highest BCUT2D eigenvalue weighted by Gasteiger charge is 2.48. The fourth-order valence-electron chi connectivity index (χ4n) is 5.92. The van der Waals surface area contributed by atoms with Gasteiger partial charge in [0.2, 0.25) is 0 Å². The maximum Gasteiger partial charge on any atom is 0.00954 e. The van der Waals surface area contributed by atoms with Crippen molar-refractivity contribution in [2.75, 3.05) is 13.1 Å². The smallest absolute Gasteiger partial charge is 0.00954 e. The van der Waals surface area contributed by atoms with Crippen LogP contribution in [-0.2, 0) is 0 Å². The van der Waals surface area contributed by atoms with E-state index in [0.717, 1.165) is 23.3 Å². The van der Waals surface area contributed by atoms with Crippen molar-refractivity contribution in [3.63, 3.8) is 0 Å². The number of hydrogen-bond donors (Lipinski definition) is 0. The molecule has 102 valence electrons. The molecule has 0 amide bonds. The highest BCUT2D eigenvalue weighted by Crippen LogP contribution is 2.54. The molecular formula is C17H29N. The summed E-state index contributed by atoms with van der Waals surface area (Å²) in [6.07, 6.45) is 16.9. The van der Waals surface area contributed by atoms with E-state index >= 15 is 0 Å². The molecule has 1 aliphatic heterocycles. The zero-order chi connectivity index (χ0) is 12.0. The second-order valence-electron chi connectivity index (χ2n) is 7.97. The third kappa shape index (κ3) is 2.03. The first-order valence-corrected chi connectivity index (χ1v) is 8.57. The summed E-state index contributed by atoms with van der Waals surface area (Å²) in [5.74, 6) is 2.24. The fraction of sp³-hybridized carbons (Fsp3) is 1.00. The summed E-state index contributed by atoms with van der Waals surface area (Å²) >= 11 is 0. The van der Waals surface area contributed by atoms with Crippen molar-refractivity contribution < 1.29 is 0 Å². The number of fused-ring (bicyclic) bond motifs is 2. The number of rotatable bonds is 1. The summed E-state index contributed by atoms with van der Waals surface area (Å²) < 4.78 is 0. The average molecular weight is 247 g/mol. The summed E-state index contributed by atoms with van der Waals surface area (Å²) in [5.41, 5.74) is 0.779. The monoisotopic (exact) mass is 247 g/mol. The lowest BCUT2D eigenvalue weighted by Crippen LogP contribution is -2.38. The molecule has 1 saturated heterocycles. The summed E-state index contributed by atoms with van der Waals surface area (Å²) in [6.45, 7) is 2.91. The molecule has 4 rings (SSSR count). The highest BCUT2D eigenvalue weighted by molar-refractivity contribution is 5.00. The quantitative estimate of drug-likeness (QED) is 0.670. The second-order valence-corrected chi connectivity index (χ2v) is 7.97. The fourth-order valence-corrected chi connectivity index (χ4v) is 5.92. The first-order chi connectivity index (χ1) is 8.83. The Hall–Kier alpha value is -0.0400. The third-order valence-corrected chi connectivity index (χ3v) is 6.65. The van der Waals surface area contributed by atoms with Crippen molar-refractivity contribution in [1.82, 2.24) is 4.90 Å². The van der Waals surface area contributed by atoms with Crippen LogP contribution in [0.2, 0.25) is 0 Å². The standard InChI is InChI=1S/C17H29N/c1-2-4-16(5-3-1)18-9-8-17(13-18)11-14-6-7-15(10-14)12-17/h14-16H,1-13H2. The van der Waals surface area contributed by atoms with Gasteiger partial charge in [-0.3, -0.25) is 4.90 Å². The van der Waals surface area contributed by atoms with Gasteiger partial charge in [-0.25, -0.2) is 0 Å². The third-order valence-electron chi connectivity index (χ3n) is 6.65. The summed E-state index contributed by atoms with van der Waals surface area (Å²) in [6, 6.07) is 0.970. The molecule has 1 nitrogen and oxygen atoms in total. The summed E-state index contributed by atoms with van der Waals surface area (Å²) in [5, 5.41) is 0. The van der Waals surface area contributed by atoms with Gasteiger partial charge in [0.25, 0.3) is 0 Å². The van der Waals surface area contributed by atoms with Crippen molar-refractivity contribution in [2.24, 2.45) is 17.3 Å². The molecule has 0 aromatic carbocycles. The molecule has 3 aliphatic carbocycles. The maximum atomic E-state index is 2.91. The van der Waals surface area contributed by atoms with Crippen LogP contribution in [0, 0.1) is 17.3 Å². The minimum Gasteiger partial charge on any atom is -0.300 e. The van der Waals surface area contributed by atoms with Crippen LogP contribution in [0.15, 0.2) is 0 Å². The lowest BCUT2D eigenvalue weighted by atomic mass is 9.68. The van der Waals surface area contributed by atoms with Crippen LogP contribution in [0.25, 0.3) is 0 Å². The molecule has 2 atom stereocenters. The summed E-state index contributed by atoms with van der Waals surface area (Å²) in [4.78, 5) is 2.91. The van der Waals surface area contributed by atoms with E-state index in [4.69, 9.17) is 0 Å². The molecule has 0 radical (unpaired) electrons. The molecular weight excluding hydrogens is 218 g/mol. The molecule has 1 heterocycles. The van der Waals surface area contributed by atoms with Gasteiger partial charge in [0, 0.05) is 12.6 Å². The Morgan fingerprint density at radius 1 is 0.833 bits per heavy atom. The predicted molar refractivity (Wildman–Crippen MR) is 75.6 cm³/mol. The zero-order valence-electron chi connectivity index (χ0n) is 11.9. The first kappa shape index (κ1) is 11.8. The van der Waals surface area contributed by atoms with Crippen molar-refractivity contribution in [2.45, 2.75) is 76.7 Å². The largest absolute Gasteiger partial charge is 0.300 e. The zero-order valence-corrected chi connectivity index (χ0v) is 11.9. The minimum absolute atomic E-state index is 0.779. The van der Waals surface area contributed by atoms with Crippen LogP contribution in [0.5, 0.6) is 0 Å². The molecule has 0 aromatic heterocycles. The van der Waals surface area contributed by atoms with Crippen LogP contribution >= 0.6 is 0 Å². The van der Waals surface area contributed by atoms with Gasteiger partial charge in [-0.1, -0.05) is 32.1 Å². The molecule has 0 N–H and O–H groups in total. The van der Waals surface area contributed by atoms with E-state index < -0.39 is 0 Å². The molecule has 1 spiro atoms. The summed E-state index contributed by atoms with van der Waals surface area (Å²) in [7, 11) is 0. The molecule has 4 aliphatic rings. The van der Waals surface area contributed by atoms with Gasteiger partial charge in [-0.05, 0) is 62.3 Å². The van der Waals surface area contributed by atoms with E-state index in [0.29, 0.717) is 0 Å². The van der Waals surface area contributed by atoms with Crippen LogP contribution in [0.4, 0.5) is 0 Å². The Balaban J connectivity index is 1.43. The first-order valence-electron chi connectivity index (χ1n) is 8.57. The predicted octanol–water partition coefficient (Wildman–Crippen LogP) is 4.22. The lowest BCUT2D eigenvalue weighted by Gasteiger charge is -2.39. The van der Waals surface area contributed by atoms with Crippen molar-refractivity contribution in [1.29, 1.82) is 0 Å². The molecule has 2 unspecified atom stereocenters. The Morgan fingerprint density at radius 2 is 1.56 bits per heavy atom. The molecule has 0 aromatic rings. The average Bonchev–Trinajstić information content (AvgIpc) is 2.95. The molecule has 18 heavy (non-hydrogen) atoms. The van der Waals surface area contributed by atoms with Crippen LogP contribution in [-0.4, -0.2) is 24.0 Å². The Kier molecular flexibility index (Phi) is 2.94. The van der Waals surface area contributed by atoms with Gasteiger partial charge in [0.1, 0.15) is 0 Å². The van der Waals surface area contributed by atoms with Gasteiger partial charge in [-0.15, -0.1) is 0 Å². The van der Waals surface area contributed by atoms with E-state index in [-0.39, 0.29) is 0 Å². The highest BCUT2D eigenvalue weighted by atomic mass is 15.2. The SMILES string of the molecule is C1CCC(N2CCC3(CC4CCC(C4)C3)C2)CC1. The van der Waals surface area contributed by atoms with E-state index in [1.807, 2.05) is 0 Å². The molecule has 3 saturated carbocycles. The maximum absolute atomic E-state index is 2.91. The molecule has 2 bridgehead atoms. The van der Waals surface area contributed by atoms with Crippen molar-refractivity contribution in [3.8, 4) is 0 Å². The van der Waals surface area contributed by atoms with Crippen molar-refractivity contribution in [3.05, 3.63) is 0 Å². The van der Waals surface area contributed by atoms with E-state index in [1.165, 1.54) is 51.6 Å². The van der Waals surface area contributed by atoms with Gasteiger partial charge in [0.05, 0.1) is 0 Å². The minimum atomic E-state index is 0.779. The van der Waals surface area contributed by atoms with E-state index in [2.05, 4.69) is 4.90 Å². The number of likely N-dealkylation sites (tertiary alicyclic amines) is 1. The van der Waals surface area contributed by atoms with Gasteiger partial charge < -0.3 is 0 Å². The normalized spacial score (nSPS) is 46.0. The van der Waals surface area contributed by atoms with Crippen LogP contribution in [0.3, 0.4) is 0 Å². The lowest BCUT2D eigenvalue weighted by molar-refractivity contribution is 0.111. The van der Waals surface area contributed by atoms with Crippen molar-refractivity contribution >= 4 is 0 Å². The second kappa shape index (κ2) is 4.51.